The standard InChI is InChI=1S/C12H10BrNO3/c1-17-12(16)8-2-3-9(7-14)10(4-8)5-11(15)6-13/h2-4H,5-6H2,1H3. The summed E-state index contributed by atoms with van der Waals surface area (Å²) in [6.45, 7) is 0. The maximum absolute atomic E-state index is 11.3. The second kappa shape index (κ2) is 6.16. The molecule has 0 saturated carbocycles. The molecule has 88 valence electrons. The van der Waals surface area contributed by atoms with E-state index in [1.165, 1.54) is 25.3 Å². The van der Waals surface area contributed by atoms with E-state index >= 15 is 0 Å². The molecular weight excluding hydrogens is 286 g/mol. The predicted molar refractivity (Wildman–Crippen MR) is 65.0 cm³/mol. The third-order valence-electron chi connectivity index (χ3n) is 2.18. The maximum Gasteiger partial charge on any atom is 0.337 e. The molecule has 0 amide bonds. The summed E-state index contributed by atoms with van der Waals surface area (Å²) in [4.78, 5) is 22.6. The fraction of sp³-hybridized carbons (Fsp3) is 0.250. The summed E-state index contributed by atoms with van der Waals surface area (Å²) in [6.07, 6.45) is 0.124. The van der Waals surface area contributed by atoms with Gasteiger partial charge in [0.25, 0.3) is 0 Å². The highest BCUT2D eigenvalue weighted by Gasteiger charge is 2.12. The lowest BCUT2D eigenvalue weighted by Gasteiger charge is -2.05. The number of hydrogen-bond acceptors (Lipinski definition) is 4. The predicted octanol–water partition coefficient (Wildman–Crippen LogP) is 1.85. The first-order chi connectivity index (χ1) is 8.12. The molecule has 1 aromatic rings. The smallest absolute Gasteiger partial charge is 0.337 e. The summed E-state index contributed by atoms with van der Waals surface area (Å²) in [6, 6.07) is 6.53. The van der Waals surface area contributed by atoms with Crippen molar-refractivity contribution in [2.45, 2.75) is 6.42 Å². The number of ether oxygens (including phenoxy) is 1. The third-order valence-corrected chi connectivity index (χ3v) is 2.81. The normalized spacial score (nSPS) is 9.47. The number of esters is 1. The van der Waals surface area contributed by atoms with Crippen LogP contribution in [0.3, 0.4) is 0 Å². The van der Waals surface area contributed by atoms with Crippen molar-refractivity contribution in [3.8, 4) is 6.07 Å². The molecule has 0 saturated heterocycles. The molecule has 0 aromatic heterocycles. The molecule has 0 aliphatic heterocycles. The van der Waals surface area contributed by atoms with E-state index in [2.05, 4.69) is 20.7 Å². The first-order valence-electron chi connectivity index (χ1n) is 4.81. The van der Waals surface area contributed by atoms with E-state index in [1.807, 2.05) is 6.07 Å². The Labute approximate surface area is 107 Å². The van der Waals surface area contributed by atoms with Crippen LogP contribution in [0.15, 0.2) is 18.2 Å². The maximum atomic E-state index is 11.3. The zero-order chi connectivity index (χ0) is 12.8. The molecule has 0 aliphatic carbocycles. The molecule has 0 aliphatic rings. The highest BCUT2D eigenvalue weighted by atomic mass is 79.9. The van der Waals surface area contributed by atoms with Crippen molar-refractivity contribution in [1.82, 2.24) is 0 Å². The number of benzene rings is 1. The lowest BCUT2D eigenvalue weighted by molar-refractivity contribution is -0.115. The van der Waals surface area contributed by atoms with Crippen molar-refractivity contribution in [3.05, 3.63) is 34.9 Å². The lowest BCUT2D eigenvalue weighted by Crippen LogP contribution is -2.08. The first-order valence-corrected chi connectivity index (χ1v) is 5.93. The zero-order valence-corrected chi connectivity index (χ0v) is 10.8. The highest BCUT2D eigenvalue weighted by Crippen LogP contribution is 2.14. The topological polar surface area (TPSA) is 67.2 Å². The van der Waals surface area contributed by atoms with Gasteiger partial charge < -0.3 is 4.74 Å². The summed E-state index contributed by atoms with van der Waals surface area (Å²) < 4.78 is 4.58. The average Bonchev–Trinajstić information content (AvgIpc) is 2.37. The van der Waals surface area contributed by atoms with E-state index in [0.717, 1.165) is 0 Å². The molecule has 0 atom stereocenters. The molecular formula is C12H10BrNO3. The van der Waals surface area contributed by atoms with E-state index in [-0.39, 0.29) is 17.5 Å². The fourth-order valence-corrected chi connectivity index (χ4v) is 1.55. The number of methoxy groups -OCH3 is 1. The van der Waals surface area contributed by atoms with Crippen molar-refractivity contribution in [3.63, 3.8) is 0 Å². The van der Waals surface area contributed by atoms with Crippen LogP contribution < -0.4 is 0 Å². The molecule has 0 bridgehead atoms. The Morgan fingerprint density at radius 3 is 2.71 bits per heavy atom. The van der Waals surface area contributed by atoms with Crippen LogP contribution in [0.1, 0.15) is 21.5 Å². The van der Waals surface area contributed by atoms with E-state index in [0.29, 0.717) is 16.7 Å². The summed E-state index contributed by atoms with van der Waals surface area (Å²) in [7, 11) is 1.28. The Bertz CT molecular complexity index is 491. The number of hydrogen-bond donors (Lipinski definition) is 0. The van der Waals surface area contributed by atoms with Gasteiger partial charge in [0, 0.05) is 6.42 Å². The van der Waals surface area contributed by atoms with Gasteiger partial charge >= 0.3 is 5.97 Å². The zero-order valence-electron chi connectivity index (χ0n) is 9.20. The number of ketones is 1. The number of nitrogens with zero attached hydrogens (tertiary/aromatic N) is 1. The van der Waals surface area contributed by atoms with Gasteiger partial charge in [-0.3, -0.25) is 4.79 Å². The number of nitriles is 1. The van der Waals surface area contributed by atoms with E-state index < -0.39 is 5.97 Å². The molecule has 0 N–H and O–H groups in total. The highest BCUT2D eigenvalue weighted by molar-refractivity contribution is 9.09. The number of rotatable bonds is 4. The SMILES string of the molecule is COC(=O)c1ccc(C#N)c(CC(=O)CBr)c1. The molecule has 4 nitrogen and oxygen atoms in total. The number of carbonyl (C=O) groups is 2. The van der Waals surface area contributed by atoms with Gasteiger partial charge in [-0.2, -0.15) is 5.26 Å². The molecule has 17 heavy (non-hydrogen) atoms. The first kappa shape index (κ1) is 13.4. The minimum Gasteiger partial charge on any atom is -0.465 e. The fourth-order valence-electron chi connectivity index (χ4n) is 1.35. The average molecular weight is 296 g/mol. The van der Waals surface area contributed by atoms with E-state index in [4.69, 9.17) is 5.26 Å². The van der Waals surface area contributed by atoms with Crippen LogP contribution in [0.4, 0.5) is 0 Å². The number of Topliss-reactive ketones (excluding diaryl/α,β-unsaturated/α-hetero) is 1. The molecule has 0 fully saturated rings. The van der Waals surface area contributed by atoms with Gasteiger partial charge in [-0.15, -0.1) is 0 Å². The Kier molecular flexibility index (Phi) is 4.85. The largest absolute Gasteiger partial charge is 0.465 e. The number of alkyl halides is 1. The summed E-state index contributed by atoms with van der Waals surface area (Å²) in [5, 5.41) is 9.12. The van der Waals surface area contributed by atoms with Crippen LogP contribution in [0.5, 0.6) is 0 Å². The van der Waals surface area contributed by atoms with Gasteiger partial charge in [-0.1, -0.05) is 15.9 Å². The van der Waals surface area contributed by atoms with Crippen molar-refractivity contribution in [1.29, 1.82) is 5.26 Å². The quantitative estimate of drug-likeness (QED) is 0.628. The second-order valence-corrected chi connectivity index (χ2v) is 3.89. The Balaban J connectivity index is 3.11. The van der Waals surface area contributed by atoms with Crippen LogP contribution in [0.2, 0.25) is 0 Å². The Hall–Kier alpha value is -1.67. The van der Waals surface area contributed by atoms with Gasteiger partial charge in [0.05, 0.1) is 29.6 Å². The van der Waals surface area contributed by atoms with Gasteiger partial charge in [-0.05, 0) is 23.8 Å². The minimum absolute atomic E-state index is 0.0523. The lowest BCUT2D eigenvalue weighted by atomic mass is 10.0. The minimum atomic E-state index is -0.484. The molecule has 0 radical (unpaired) electrons. The summed E-state index contributed by atoms with van der Waals surface area (Å²) in [5.74, 6) is -0.537. The van der Waals surface area contributed by atoms with E-state index in [9.17, 15) is 9.59 Å². The van der Waals surface area contributed by atoms with Gasteiger partial charge in [0.15, 0.2) is 0 Å². The van der Waals surface area contributed by atoms with E-state index in [1.54, 1.807) is 0 Å². The van der Waals surface area contributed by atoms with Crippen molar-refractivity contribution in [2.24, 2.45) is 0 Å². The Morgan fingerprint density at radius 1 is 1.47 bits per heavy atom. The van der Waals surface area contributed by atoms with Crippen molar-refractivity contribution in [2.75, 3.05) is 12.4 Å². The van der Waals surface area contributed by atoms with Crippen LogP contribution in [0.25, 0.3) is 0 Å². The number of carbonyl (C=O) groups excluding carboxylic acids is 2. The molecule has 0 unspecified atom stereocenters. The molecule has 0 spiro atoms. The summed E-state index contributed by atoms with van der Waals surface area (Å²) in [5.41, 5.74) is 1.27. The van der Waals surface area contributed by atoms with Gasteiger partial charge in [-0.25, -0.2) is 4.79 Å². The van der Waals surface area contributed by atoms with Crippen LogP contribution in [-0.4, -0.2) is 24.2 Å². The monoisotopic (exact) mass is 295 g/mol. The van der Waals surface area contributed by atoms with Gasteiger partial charge in [0.1, 0.15) is 5.78 Å². The molecule has 1 rings (SSSR count). The molecule has 5 heteroatoms. The third kappa shape index (κ3) is 3.40. The van der Waals surface area contributed by atoms with Crippen LogP contribution in [0, 0.1) is 11.3 Å². The van der Waals surface area contributed by atoms with Crippen LogP contribution >= 0.6 is 15.9 Å². The summed E-state index contributed by atoms with van der Waals surface area (Å²) >= 11 is 3.06. The van der Waals surface area contributed by atoms with Crippen LogP contribution in [-0.2, 0) is 16.0 Å². The van der Waals surface area contributed by atoms with Gasteiger partial charge in [0.2, 0.25) is 0 Å². The number of halogens is 1. The van der Waals surface area contributed by atoms with Crippen molar-refractivity contribution >= 4 is 27.7 Å². The second-order valence-electron chi connectivity index (χ2n) is 3.32. The molecule has 1 aromatic carbocycles. The Morgan fingerprint density at radius 2 is 2.18 bits per heavy atom. The van der Waals surface area contributed by atoms with Crippen molar-refractivity contribution < 1.29 is 14.3 Å². The molecule has 0 heterocycles.